The smallest absolute Gasteiger partial charge is 0.296 e. The van der Waals surface area contributed by atoms with Crippen LogP contribution < -0.4 is 10.3 Å². The molecule has 2 aromatic heterocycles. The average Bonchev–Trinajstić information content (AvgIpc) is 3.22. The second kappa shape index (κ2) is 9.74. The molecule has 4 aromatic rings. The fraction of sp³-hybridized carbons (Fsp3) is 0.250. The Hall–Kier alpha value is -3.52. The van der Waals surface area contributed by atoms with Gasteiger partial charge in [0.2, 0.25) is 4.96 Å². The van der Waals surface area contributed by atoms with Crippen LogP contribution in [-0.4, -0.2) is 45.1 Å². The number of carbonyl (C=O) groups is 1. The number of ether oxygens (including phenoxy) is 1. The van der Waals surface area contributed by atoms with Crippen LogP contribution in [0.3, 0.4) is 0 Å². The second-order valence-electron chi connectivity index (χ2n) is 7.22. The average molecular weight is 449 g/mol. The van der Waals surface area contributed by atoms with Gasteiger partial charge in [-0.3, -0.25) is 9.59 Å². The molecule has 0 atom stereocenters. The van der Waals surface area contributed by atoms with E-state index in [1.807, 2.05) is 73.8 Å². The number of aromatic nitrogens is 3. The molecular weight excluding hydrogens is 424 g/mol. The summed E-state index contributed by atoms with van der Waals surface area (Å²) in [7, 11) is 0. The van der Waals surface area contributed by atoms with Gasteiger partial charge in [-0.15, -0.1) is 11.3 Å². The quantitative estimate of drug-likeness (QED) is 0.411. The molecule has 0 aliphatic carbocycles. The molecule has 1 amide bonds. The highest BCUT2D eigenvalue weighted by Gasteiger charge is 2.13. The molecule has 0 N–H and O–H groups in total. The minimum absolute atomic E-state index is 0.0117. The SMILES string of the molecule is CCN(CC)C(=O)COc1ccc(-c2csc3nc(=O)c(Cc4ccccc4)nn23)cc1. The van der Waals surface area contributed by atoms with E-state index >= 15 is 0 Å². The summed E-state index contributed by atoms with van der Waals surface area (Å²) in [6, 6.07) is 17.2. The lowest BCUT2D eigenvalue weighted by Gasteiger charge is -2.18. The Morgan fingerprint density at radius 2 is 1.78 bits per heavy atom. The second-order valence-corrected chi connectivity index (χ2v) is 8.06. The first kappa shape index (κ1) is 21.7. The van der Waals surface area contributed by atoms with Crippen LogP contribution in [-0.2, 0) is 11.2 Å². The molecule has 0 saturated carbocycles. The van der Waals surface area contributed by atoms with Gasteiger partial charge in [0.25, 0.3) is 11.5 Å². The van der Waals surface area contributed by atoms with Gasteiger partial charge < -0.3 is 9.64 Å². The van der Waals surface area contributed by atoms with Crippen LogP contribution in [0.2, 0.25) is 0 Å². The largest absolute Gasteiger partial charge is 0.484 e. The van der Waals surface area contributed by atoms with Gasteiger partial charge in [-0.05, 0) is 43.7 Å². The van der Waals surface area contributed by atoms with Crippen molar-refractivity contribution in [2.75, 3.05) is 19.7 Å². The van der Waals surface area contributed by atoms with Crippen LogP contribution >= 0.6 is 11.3 Å². The number of hydrogen-bond donors (Lipinski definition) is 0. The highest BCUT2D eigenvalue weighted by Crippen LogP contribution is 2.26. The minimum atomic E-state index is -0.302. The molecule has 0 spiro atoms. The Kier molecular flexibility index (Phi) is 6.61. The van der Waals surface area contributed by atoms with Crippen molar-refractivity contribution < 1.29 is 9.53 Å². The number of thiazole rings is 1. The topological polar surface area (TPSA) is 76.8 Å². The first-order valence-electron chi connectivity index (χ1n) is 10.5. The highest BCUT2D eigenvalue weighted by atomic mass is 32.1. The number of rotatable bonds is 8. The molecule has 0 radical (unpaired) electrons. The standard InChI is InChI=1S/C24H24N4O3S/c1-3-27(4-2)22(29)15-31-19-12-10-18(11-13-19)21-16-32-24-25-23(30)20(26-28(21)24)14-17-8-6-5-7-9-17/h5-13,16H,3-4,14-15H2,1-2H3. The molecule has 8 heteroatoms. The normalized spacial score (nSPS) is 10.9. The van der Waals surface area contributed by atoms with Crippen LogP contribution in [0, 0.1) is 0 Å². The van der Waals surface area contributed by atoms with Crippen molar-refractivity contribution in [3.8, 4) is 17.0 Å². The molecule has 2 heterocycles. The lowest BCUT2D eigenvalue weighted by molar-refractivity contribution is -0.132. The number of hydrogen-bond acceptors (Lipinski definition) is 6. The maximum Gasteiger partial charge on any atom is 0.296 e. The lowest BCUT2D eigenvalue weighted by atomic mass is 10.1. The zero-order chi connectivity index (χ0) is 22.5. The first-order chi connectivity index (χ1) is 15.6. The Bertz CT molecular complexity index is 1260. The number of nitrogens with zero attached hydrogens (tertiary/aromatic N) is 4. The van der Waals surface area contributed by atoms with Crippen molar-refractivity contribution >= 4 is 22.2 Å². The number of fused-ring (bicyclic) bond motifs is 1. The molecule has 0 aliphatic rings. The van der Waals surface area contributed by atoms with Gasteiger partial charge in [-0.1, -0.05) is 30.3 Å². The van der Waals surface area contributed by atoms with E-state index < -0.39 is 0 Å². The van der Waals surface area contributed by atoms with Crippen LogP contribution in [0.5, 0.6) is 5.75 Å². The molecule has 0 saturated heterocycles. The molecule has 164 valence electrons. The van der Waals surface area contributed by atoms with Gasteiger partial charge in [0, 0.05) is 30.5 Å². The fourth-order valence-electron chi connectivity index (χ4n) is 3.42. The minimum Gasteiger partial charge on any atom is -0.484 e. The van der Waals surface area contributed by atoms with Gasteiger partial charge in [0.05, 0.1) is 5.69 Å². The molecule has 7 nitrogen and oxygen atoms in total. The van der Waals surface area contributed by atoms with E-state index in [1.165, 1.54) is 11.3 Å². The molecule has 0 aliphatic heterocycles. The molecule has 4 rings (SSSR count). The third-order valence-electron chi connectivity index (χ3n) is 5.19. The molecular formula is C24H24N4O3S. The Labute approximate surface area is 189 Å². The van der Waals surface area contributed by atoms with Gasteiger partial charge in [-0.25, -0.2) is 4.52 Å². The predicted molar refractivity (Wildman–Crippen MR) is 125 cm³/mol. The molecule has 2 aromatic carbocycles. The van der Waals surface area contributed by atoms with Crippen LogP contribution in [0.4, 0.5) is 0 Å². The Morgan fingerprint density at radius 3 is 2.47 bits per heavy atom. The number of carbonyl (C=O) groups excluding carboxylic acids is 1. The maximum atomic E-state index is 12.4. The Morgan fingerprint density at radius 1 is 1.06 bits per heavy atom. The number of benzene rings is 2. The van der Waals surface area contributed by atoms with Gasteiger partial charge in [0.1, 0.15) is 11.4 Å². The summed E-state index contributed by atoms with van der Waals surface area (Å²) in [4.78, 5) is 31.0. The first-order valence-corrected chi connectivity index (χ1v) is 11.4. The van der Waals surface area contributed by atoms with Crippen LogP contribution in [0.15, 0.2) is 64.8 Å². The lowest BCUT2D eigenvalue weighted by Crippen LogP contribution is -2.34. The highest BCUT2D eigenvalue weighted by molar-refractivity contribution is 7.15. The summed E-state index contributed by atoms with van der Waals surface area (Å²) in [6.07, 6.45) is 0.429. The van der Waals surface area contributed by atoms with Crippen molar-refractivity contribution in [3.05, 3.63) is 81.6 Å². The summed E-state index contributed by atoms with van der Waals surface area (Å²) in [5.74, 6) is 0.588. The van der Waals surface area contributed by atoms with Crippen molar-refractivity contribution in [2.24, 2.45) is 0 Å². The van der Waals surface area contributed by atoms with Gasteiger partial charge in [0.15, 0.2) is 6.61 Å². The predicted octanol–water partition coefficient (Wildman–Crippen LogP) is 3.66. The molecule has 0 bridgehead atoms. The van der Waals surface area contributed by atoms with Crippen LogP contribution in [0.1, 0.15) is 25.1 Å². The van der Waals surface area contributed by atoms with Gasteiger partial charge >= 0.3 is 0 Å². The van der Waals surface area contributed by atoms with E-state index in [0.29, 0.717) is 35.9 Å². The van der Waals surface area contributed by atoms with E-state index in [9.17, 15) is 9.59 Å². The van der Waals surface area contributed by atoms with Gasteiger partial charge in [-0.2, -0.15) is 10.1 Å². The summed E-state index contributed by atoms with van der Waals surface area (Å²) in [5, 5.41) is 6.53. The summed E-state index contributed by atoms with van der Waals surface area (Å²) >= 11 is 1.37. The van der Waals surface area contributed by atoms with E-state index in [2.05, 4.69) is 10.1 Å². The van der Waals surface area contributed by atoms with E-state index in [4.69, 9.17) is 4.74 Å². The van der Waals surface area contributed by atoms with Crippen molar-refractivity contribution in [2.45, 2.75) is 20.3 Å². The maximum absolute atomic E-state index is 12.4. The van der Waals surface area contributed by atoms with E-state index in [1.54, 1.807) is 9.42 Å². The zero-order valence-corrected chi connectivity index (χ0v) is 18.8. The van der Waals surface area contributed by atoms with E-state index in [-0.39, 0.29) is 18.1 Å². The van der Waals surface area contributed by atoms with Crippen molar-refractivity contribution in [1.82, 2.24) is 19.5 Å². The Balaban J connectivity index is 1.55. The molecule has 0 unspecified atom stereocenters. The summed E-state index contributed by atoms with van der Waals surface area (Å²) < 4.78 is 7.36. The third-order valence-corrected chi connectivity index (χ3v) is 6.01. The monoisotopic (exact) mass is 448 g/mol. The van der Waals surface area contributed by atoms with Crippen LogP contribution in [0.25, 0.3) is 16.2 Å². The zero-order valence-electron chi connectivity index (χ0n) is 18.0. The fourth-order valence-corrected chi connectivity index (χ4v) is 4.25. The molecule has 32 heavy (non-hydrogen) atoms. The van der Waals surface area contributed by atoms with Crippen molar-refractivity contribution in [3.63, 3.8) is 0 Å². The number of likely N-dealkylation sites (N-methyl/N-ethyl adjacent to an activating group) is 1. The molecule has 0 fully saturated rings. The van der Waals surface area contributed by atoms with Crippen molar-refractivity contribution in [1.29, 1.82) is 0 Å². The number of amides is 1. The summed E-state index contributed by atoms with van der Waals surface area (Å²) in [6.45, 7) is 5.24. The van der Waals surface area contributed by atoms with E-state index in [0.717, 1.165) is 16.8 Å². The third kappa shape index (κ3) is 4.70. The summed E-state index contributed by atoms with van der Waals surface area (Å²) in [5.41, 5.74) is 2.88.